The molecule has 1 fully saturated rings. The van der Waals surface area contributed by atoms with Gasteiger partial charge >= 0.3 is 6.18 Å². The van der Waals surface area contributed by atoms with E-state index in [4.69, 9.17) is 4.74 Å². The molecule has 8 nitrogen and oxygen atoms in total. The van der Waals surface area contributed by atoms with Crippen molar-refractivity contribution >= 4 is 23.2 Å². The Bertz CT molecular complexity index is 1130. The fourth-order valence-electron chi connectivity index (χ4n) is 3.37. The lowest BCUT2D eigenvalue weighted by atomic mass is 9.97. The van der Waals surface area contributed by atoms with Crippen LogP contribution < -0.4 is 10.2 Å². The van der Waals surface area contributed by atoms with Crippen LogP contribution in [0.2, 0.25) is 0 Å². The van der Waals surface area contributed by atoms with E-state index in [1.54, 1.807) is 43.0 Å². The van der Waals surface area contributed by atoms with E-state index >= 15 is 0 Å². The van der Waals surface area contributed by atoms with Gasteiger partial charge in [-0.05, 0) is 37.6 Å². The molecular formula is C21H22F3N5O3. The minimum Gasteiger partial charge on any atom is -0.386 e. The molecule has 2 N–H and O–H groups in total. The monoisotopic (exact) mass is 449 g/mol. The minimum absolute atomic E-state index is 0.101. The Labute approximate surface area is 181 Å². The molecule has 0 spiro atoms. The number of halogens is 3. The van der Waals surface area contributed by atoms with Crippen molar-refractivity contribution in [2.45, 2.75) is 25.6 Å². The summed E-state index contributed by atoms with van der Waals surface area (Å²) in [5.41, 5.74) is -0.979. The van der Waals surface area contributed by atoms with Crippen molar-refractivity contribution in [3.63, 3.8) is 0 Å². The summed E-state index contributed by atoms with van der Waals surface area (Å²) >= 11 is 0. The third-order valence-electron chi connectivity index (χ3n) is 5.11. The van der Waals surface area contributed by atoms with Gasteiger partial charge in [0.25, 0.3) is 5.91 Å². The van der Waals surface area contributed by atoms with Gasteiger partial charge in [0.05, 0.1) is 24.3 Å². The summed E-state index contributed by atoms with van der Waals surface area (Å²) in [6.07, 6.45) is -4.61. The molecule has 0 bridgehead atoms. The highest BCUT2D eigenvalue weighted by molar-refractivity contribution is 6.04. The Kier molecular flexibility index (Phi) is 5.55. The highest BCUT2D eigenvalue weighted by atomic mass is 19.4. The second kappa shape index (κ2) is 8.06. The van der Waals surface area contributed by atoms with Gasteiger partial charge in [-0.15, -0.1) is 0 Å². The first-order valence-corrected chi connectivity index (χ1v) is 9.97. The lowest BCUT2D eigenvalue weighted by molar-refractivity contribution is -0.141. The summed E-state index contributed by atoms with van der Waals surface area (Å²) in [6.45, 7) is 4.93. The summed E-state index contributed by atoms with van der Waals surface area (Å²) in [6, 6.07) is 8.65. The van der Waals surface area contributed by atoms with Crippen LogP contribution in [0.25, 0.3) is 5.52 Å². The molecule has 11 heteroatoms. The van der Waals surface area contributed by atoms with Crippen molar-refractivity contribution in [3.05, 3.63) is 53.2 Å². The molecule has 4 rings (SSSR count). The van der Waals surface area contributed by atoms with Crippen LogP contribution in [0.4, 0.5) is 24.9 Å². The van der Waals surface area contributed by atoms with Gasteiger partial charge in [-0.2, -0.15) is 27.8 Å². The largest absolute Gasteiger partial charge is 0.435 e. The Balaban J connectivity index is 1.68. The van der Waals surface area contributed by atoms with Crippen molar-refractivity contribution < 1.29 is 27.8 Å². The molecule has 2 aromatic heterocycles. The van der Waals surface area contributed by atoms with Crippen molar-refractivity contribution in [2.24, 2.45) is 0 Å². The van der Waals surface area contributed by atoms with Gasteiger partial charge in [0.1, 0.15) is 5.82 Å². The fourth-order valence-corrected chi connectivity index (χ4v) is 3.37. The zero-order valence-corrected chi connectivity index (χ0v) is 17.5. The quantitative estimate of drug-likeness (QED) is 0.636. The number of nitrogens with one attached hydrogen (secondary N) is 1. The van der Waals surface area contributed by atoms with E-state index in [0.717, 1.165) is 10.6 Å². The zero-order chi connectivity index (χ0) is 23.1. The van der Waals surface area contributed by atoms with Crippen LogP contribution in [0.15, 0.2) is 36.4 Å². The van der Waals surface area contributed by atoms with E-state index in [9.17, 15) is 23.1 Å². The van der Waals surface area contributed by atoms with Gasteiger partial charge < -0.3 is 20.1 Å². The highest BCUT2D eigenvalue weighted by Gasteiger charge is 2.35. The van der Waals surface area contributed by atoms with E-state index in [1.807, 2.05) is 0 Å². The van der Waals surface area contributed by atoms with Crippen LogP contribution in [0.5, 0.6) is 0 Å². The number of ether oxygens (including phenoxy) is 1. The van der Waals surface area contributed by atoms with Crippen molar-refractivity contribution in [1.29, 1.82) is 0 Å². The third kappa shape index (κ3) is 4.53. The molecule has 0 saturated carbocycles. The number of anilines is 2. The number of hydrogen-bond acceptors (Lipinski definition) is 6. The molecule has 1 aromatic carbocycles. The molecule has 3 aromatic rings. The average molecular weight is 449 g/mol. The first-order chi connectivity index (χ1) is 15.0. The molecule has 1 aliphatic rings. The van der Waals surface area contributed by atoms with Crippen molar-refractivity contribution in [2.75, 3.05) is 36.5 Å². The maximum atomic E-state index is 13.2. The van der Waals surface area contributed by atoms with Crippen LogP contribution in [-0.4, -0.2) is 51.9 Å². The number of amides is 1. The van der Waals surface area contributed by atoms with Crippen LogP contribution in [-0.2, 0) is 16.5 Å². The molecule has 0 aliphatic carbocycles. The normalized spacial score (nSPS) is 15.2. The number of benzene rings is 1. The zero-order valence-electron chi connectivity index (χ0n) is 17.5. The lowest BCUT2D eigenvalue weighted by Gasteiger charge is -2.28. The molecule has 1 amide bonds. The molecule has 0 radical (unpaired) electrons. The van der Waals surface area contributed by atoms with Gasteiger partial charge in [0.15, 0.2) is 5.69 Å². The second-order valence-electron chi connectivity index (χ2n) is 8.00. The fraction of sp³-hybridized carbons (Fsp3) is 0.381. The number of alkyl halides is 3. The maximum absolute atomic E-state index is 13.2. The molecule has 1 aliphatic heterocycles. The number of aliphatic hydroxyl groups is 1. The van der Waals surface area contributed by atoms with Crippen molar-refractivity contribution in [3.8, 4) is 0 Å². The standard InChI is InChI=1S/C21H22F3N5O3/c1-20(2,31)14-5-3-13(4-6-14)18(30)25-17-12-15-11-16(21(22,23)24)27-29(15)19(26-17)28-7-9-32-10-8-28/h3-6,11-12,31H,7-10H2,1-2H3,(H,25,30). The summed E-state index contributed by atoms with van der Waals surface area (Å²) in [7, 11) is 0. The SMILES string of the molecule is CC(C)(O)c1ccc(C(=O)Nc2cc3cc(C(F)(F)F)nn3c(N3CCOCC3)n2)cc1. The van der Waals surface area contributed by atoms with E-state index in [1.165, 1.54) is 6.07 Å². The van der Waals surface area contributed by atoms with Crippen LogP contribution >= 0.6 is 0 Å². The number of rotatable bonds is 4. The number of carbonyl (C=O) groups excluding carboxylic acids is 1. The Morgan fingerprint density at radius 2 is 1.78 bits per heavy atom. The Morgan fingerprint density at radius 1 is 1.12 bits per heavy atom. The first-order valence-electron chi connectivity index (χ1n) is 9.97. The predicted molar refractivity (Wildman–Crippen MR) is 111 cm³/mol. The summed E-state index contributed by atoms with van der Waals surface area (Å²) < 4.78 is 46.1. The second-order valence-corrected chi connectivity index (χ2v) is 8.00. The number of nitrogens with zero attached hydrogens (tertiary/aromatic N) is 4. The molecule has 3 heterocycles. The van der Waals surface area contributed by atoms with Crippen molar-refractivity contribution in [1.82, 2.24) is 14.6 Å². The average Bonchev–Trinajstić information content (AvgIpc) is 3.18. The molecular weight excluding hydrogens is 427 g/mol. The maximum Gasteiger partial charge on any atom is 0.435 e. The Morgan fingerprint density at radius 3 is 2.38 bits per heavy atom. The Hall–Kier alpha value is -3.18. The van der Waals surface area contributed by atoms with E-state index in [-0.39, 0.29) is 17.3 Å². The van der Waals surface area contributed by atoms with Gasteiger partial charge in [-0.25, -0.2) is 0 Å². The molecule has 170 valence electrons. The number of morpholine rings is 1. The highest BCUT2D eigenvalue weighted by Crippen LogP contribution is 2.31. The molecule has 32 heavy (non-hydrogen) atoms. The predicted octanol–water partition coefficient (Wildman–Crippen LogP) is 3.06. The number of fused-ring (bicyclic) bond motifs is 1. The number of aromatic nitrogens is 3. The van der Waals surface area contributed by atoms with Crippen LogP contribution in [0, 0.1) is 0 Å². The lowest BCUT2D eigenvalue weighted by Crippen LogP contribution is -2.38. The summed E-state index contributed by atoms with van der Waals surface area (Å²) in [5.74, 6) is -0.189. The van der Waals surface area contributed by atoms with Crippen LogP contribution in [0.1, 0.15) is 35.5 Å². The number of carbonyl (C=O) groups is 1. The molecule has 1 saturated heterocycles. The van der Waals surface area contributed by atoms with E-state index < -0.39 is 23.4 Å². The van der Waals surface area contributed by atoms with Gasteiger partial charge in [0, 0.05) is 24.7 Å². The summed E-state index contributed by atoms with van der Waals surface area (Å²) in [5, 5.41) is 16.4. The first kappa shape index (κ1) is 22.0. The van der Waals surface area contributed by atoms with Gasteiger partial charge in [-0.3, -0.25) is 4.79 Å². The van der Waals surface area contributed by atoms with Gasteiger partial charge in [0.2, 0.25) is 5.95 Å². The van der Waals surface area contributed by atoms with Gasteiger partial charge in [-0.1, -0.05) is 12.1 Å². The third-order valence-corrected chi connectivity index (χ3v) is 5.11. The minimum atomic E-state index is -4.61. The number of hydrogen-bond donors (Lipinski definition) is 2. The van der Waals surface area contributed by atoms with E-state index in [0.29, 0.717) is 37.4 Å². The topological polar surface area (TPSA) is 92.0 Å². The summed E-state index contributed by atoms with van der Waals surface area (Å²) in [4.78, 5) is 18.8. The van der Waals surface area contributed by atoms with E-state index in [2.05, 4.69) is 15.4 Å². The van der Waals surface area contributed by atoms with Crippen LogP contribution in [0.3, 0.4) is 0 Å². The molecule has 0 atom stereocenters. The smallest absolute Gasteiger partial charge is 0.386 e. The molecule has 0 unspecified atom stereocenters.